The summed E-state index contributed by atoms with van der Waals surface area (Å²) in [6, 6.07) is 10.6. The van der Waals surface area contributed by atoms with Crippen molar-refractivity contribution >= 4 is 50.3 Å². The molecule has 25 heavy (non-hydrogen) atoms. The minimum atomic E-state index is 0.269. The van der Waals surface area contributed by atoms with Gasteiger partial charge in [0, 0.05) is 42.4 Å². The van der Waals surface area contributed by atoms with Gasteiger partial charge in [-0.25, -0.2) is 4.98 Å². The summed E-state index contributed by atoms with van der Waals surface area (Å²) in [5.74, 6) is 0.756. The van der Waals surface area contributed by atoms with Crippen LogP contribution in [0.15, 0.2) is 30.3 Å². The summed E-state index contributed by atoms with van der Waals surface area (Å²) in [5.41, 5.74) is 2.26. The van der Waals surface area contributed by atoms with E-state index in [0.717, 1.165) is 47.9 Å². The Morgan fingerprint density at radius 3 is 2.52 bits per heavy atom. The molecule has 3 heterocycles. The summed E-state index contributed by atoms with van der Waals surface area (Å²) < 4.78 is 0. The van der Waals surface area contributed by atoms with Crippen LogP contribution in [0.3, 0.4) is 0 Å². The van der Waals surface area contributed by atoms with Gasteiger partial charge in [0.15, 0.2) is 0 Å². The van der Waals surface area contributed by atoms with Crippen molar-refractivity contribution in [1.29, 1.82) is 0 Å². The third-order valence-corrected chi connectivity index (χ3v) is 5.60. The fraction of sp³-hybridized carbons (Fsp3) is 0.333. The number of nitrogens with one attached hydrogen (secondary N) is 1. The van der Waals surface area contributed by atoms with Gasteiger partial charge < -0.3 is 15.1 Å². The van der Waals surface area contributed by atoms with Crippen LogP contribution in [0.5, 0.6) is 0 Å². The van der Waals surface area contributed by atoms with Crippen molar-refractivity contribution in [1.82, 2.24) is 14.9 Å². The van der Waals surface area contributed by atoms with Crippen molar-refractivity contribution in [2.24, 2.45) is 0 Å². The summed E-state index contributed by atoms with van der Waals surface area (Å²) in [7, 11) is 2.17. The molecule has 4 rings (SSSR count). The van der Waals surface area contributed by atoms with E-state index in [1.54, 1.807) is 11.3 Å². The van der Waals surface area contributed by atoms with Gasteiger partial charge in [-0.05, 0) is 55.9 Å². The maximum atomic E-state index is 6.07. The Morgan fingerprint density at radius 2 is 1.80 bits per heavy atom. The molecular formula is C18H20ClN5S. The summed E-state index contributed by atoms with van der Waals surface area (Å²) in [5, 5.41) is 4.66. The number of thiophene rings is 1. The first-order chi connectivity index (χ1) is 12.1. The predicted octanol–water partition coefficient (Wildman–Crippen LogP) is 4.15. The zero-order chi connectivity index (χ0) is 17.4. The molecule has 1 aromatic carbocycles. The Kier molecular flexibility index (Phi) is 4.50. The molecule has 0 atom stereocenters. The van der Waals surface area contributed by atoms with E-state index in [-0.39, 0.29) is 5.28 Å². The Bertz CT molecular complexity index is 884. The number of hydrogen-bond acceptors (Lipinski definition) is 6. The normalized spacial score (nSPS) is 15.7. The number of benzene rings is 1. The van der Waals surface area contributed by atoms with E-state index in [4.69, 9.17) is 11.6 Å². The molecule has 1 fully saturated rings. The Balaban J connectivity index is 1.55. The molecule has 0 unspecified atom stereocenters. The second kappa shape index (κ2) is 6.78. The summed E-state index contributed by atoms with van der Waals surface area (Å²) in [6.07, 6.45) is 0. The van der Waals surface area contributed by atoms with Crippen molar-refractivity contribution in [2.75, 3.05) is 43.4 Å². The highest BCUT2D eigenvalue weighted by Gasteiger charge is 2.14. The fourth-order valence-electron chi connectivity index (χ4n) is 3.07. The lowest BCUT2D eigenvalue weighted by atomic mass is 10.2. The topological polar surface area (TPSA) is 44.3 Å². The number of rotatable bonds is 3. The Hall–Kier alpha value is -1.89. The van der Waals surface area contributed by atoms with E-state index in [2.05, 4.69) is 69.4 Å². The highest BCUT2D eigenvalue weighted by atomic mass is 35.5. The van der Waals surface area contributed by atoms with Crippen molar-refractivity contribution in [3.05, 3.63) is 40.5 Å². The summed E-state index contributed by atoms with van der Waals surface area (Å²) in [6.45, 7) is 6.41. The van der Waals surface area contributed by atoms with Gasteiger partial charge in [-0.3, -0.25) is 0 Å². The lowest BCUT2D eigenvalue weighted by molar-refractivity contribution is 0.313. The second-order valence-corrected chi connectivity index (χ2v) is 7.95. The summed E-state index contributed by atoms with van der Waals surface area (Å²) in [4.78, 5) is 15.6. The number of nitrogens with zero attached hydrogens (tertiary/aromatic N) is 4. The van der Waals surface area contributed by atoms with Crippen molar-refractivity contribution in [3.8, 4) is 0 Å². The van der Waals surface area contributed by atoms with Crippen LogP contribution in [0, 0.1) is 6.92 Å². The SMILES string of the molecule is Cc1cc2c(Nc3ccc(N4CCN(C)CC4)cc3)nc(Cl)nc2s1. The van der Waals surface area contributed by atoms with Crippen molar-refractivity contribution in [2.45, 2.75) is 6.92 Å². The average molecular weight is 374 g/mol. The van der Waals surface area contributed by atoms with Crippen LogP contribution in [0.1, 0.15) is 4.88 Å². The number of likely N-dealkylation sites (N-methyl/N-ethyl adjacent to an activating group) is 1. The lowest BCUT2D eigenvalue weighted by Crippen LogP contribution is -2.44. The molecule has 1 saturated heterocycles. The number of aromatic nitrogens is 2. The molecule has 2 aromatic heterocycles. The molecule has 1 aliphatic heterocycles. The predicted molar refractivity (Wildman–Crippen MR) is 107 cm³/mol. The maximum Gasteiger partial charge on any atom is 0.225 e. The number of fused-ring (bicyclic) bond motifs is 1. The molecule has 1 aliphatic rings. The van der Waals surface area contributed by atoms with Gasteiger partial charge in [0.05, 0.1) is 5.39 Å². The zero-order valence-corrected chi connectivity index (χ0v) is 15.9. The number of halogens is 1. The van der Waals surface area contributed by atoms with Crippen LogP contribution >= 0.6 is 22.9 Å². The molecule has 0 radical (unpaired) electrons. The van der Waals surface area contributed by atoms with Gasteiger partial charge in [-0.2, -0.15) is 4.98 Å². The van der Waals surface area contributed by atoms with Gasteiger partial charge in [0.1, 0.15) is 10.6 Å². The van der Waals surface area contributed by atoms with Gasteiger partial charge in [0.25, 0.3) is 0 Å². The fourth-order valence-corrected chi connectivity index (χ4v) is 4.17. The standard InChI is InChI=1S/C18H20ClN5S/c1-12-11-15-16(21-18(19)22-17(15)25-12)20-13-3-5-14(6-4-13)24-9-7-23(2)8-10-24/h3-6,11H,7-10H2,1-2H3,(H,20,21,22). The van der Waals surface area contributed by atoms with E-state index >= 15 is 0 Å². The number of hydrogen-bond donors (Lipinski definition) is 1. The highest BCUT2D eigenvalue weighted by Crippen LogP contribution is 2.31. The van der Waals surface area contributed by atoms with E-state index in [1.807, 2.05) is 0 Å². The molecule has 130 valence electrons. The number of aryl methyl sites for hydroxylation is 1. The number of anilines is 3. The van der Waals surface area contributed by atoms with E-state index in [9.17, 15) is 0 Å². The van der Waals surface area contributed by atoms with Crippen LogP contribution in [0.2, 0.25) is 5.28 Å². The van der Waals surface area contributed by atoms with Crippen LogP contribution < -0.4 is 10.2 Å². The molecular weight excluding hydrogens is 354 g/mol. The first-order valence-electron chi connectivity index (χ1n) is 8.33. The smallest absolute Gasteiger partial charge is 0.225 e. The third kappa shape index (κ3) is 3.56. The van der Waals surface area contributed by atoms with E-state index in [1.165, 1.54) is 10.6 Å². The molecule has 0 spiro atoms. The van der Waals surface area contributed by atoms with Gasteiger partial charge in [-0.15, -0.1) is 11.3 Å². The van der Waals surface area contributed by atoms with Crippen molar-refractivity contribution in [3.63, 3.8) is 0 Å². The molecule has 0 aliphatic carbocycles. The zero-order valence-electron chi connectivity index (χ0n) is 14.3. The van der Waals surface area contributed by atoms with Crippen LogP contribution in [0.25, 0.3) is 10.2 Å². The van der Waals surface area contributed by atoms with Crippen LogP contribution in [-0.2, 0) is 0 Å². The van der Waals surface area contributed by atoms with Crippen molar-refractivity contribution < 1.29 is 0 Å². The summed E-state index contributed by atoms with van der Waals surface area (Å²) >= 11 is 7.70. The Labute approximate surface area is 156 Å². The molecule has 3 aromatic rings. The first kappa shape index (κ1) is 16.6. The van der Waals surface area contributed by atoms with Crippen LogP contribution in [-0.4, -0.2) is 48.1 Å². The van der Waals surface area contributed by atoms with E-state index < -0.39 is 0 Å². The maximum absolute atomic E-state index is 6.07. The quantitative estimate of drug-likeness (QED) is 0.699. The Morgan fingerprint density at radius 1 is 1.08 bits per heavy atom. The minimum absolute atomic E-state index is 0.269. The molecule has 0 amide bonds. The second-order valence-electron chi connectivity index (χ2n) is 6.38. The first-order valence-corrected chi connectivity index (χ1v) is 9.52. The monoisotopic (exact) mass is 373 g/mol. The van der Waals surface area contributed by atoms with Gasteiger partial charge >= 0.3 is 0 Å². The lowest BCUT2D eigenvalue weighted by Gasteiger charge is -2.34. The largest absolute Gasteiger partial charge is 0.369 e. The highest BCUT2D eigenvalue weighted by molar-refractivity contribution is 7.18. The third-order valence-electron chi connectivity index (χ3n) is 4.49. The molecule has 1 N–H and O–H groups in total. The molecule has 0 bridgehead atoms. The number of piperazine rings is 1. The van der Waals surface area contributed by atoms with Gasteiger partial charge in [0.2, 0.25) is 5.28 Å². The molecule has 7 heteroatoms. The van der Waals surface area contributed by atoms with Crippen LogP contribution in [0.4, 0.5) is 17.2 Å². The van der Waals surface area contributed by atoms with Gasteiger partial charge in [-0.1, -0.05) is 0 Å². The van der Waals surface area contributed by atoms with E-state index in [0.29, 0.717) is 0 Å². The minimum Gasteiger partial charge on any atom is -0.369 e. The average Bonchev–Trinajstić information content (AvgIpc) is 2.97. The molecule has 0 saturated carbocycles. The molecule has 5 nitrogen and oxygen atoms in total.